The standard InChI is InChI=1S/C66H44N4/c1-39-32-46-24-27-48(35-56(46)51-17-9-8-15-49(39)51)70-62-19-11-10-18-53(62)59-33-45(26-29-63(59)70)44-25-28-52-57-36-58(57)54-30-31-68-66(64(54)60(52)34-44)65-40(2)55(41-12-4-3-5-13-41)37-61(69-65)43-22-20-42(21-23-43)50-16-7-6-14-47(50)38-67/h3-31,33-35,37,57-58H,1,32,36H2,2H3. The van der Waals surface area contributed by atoms with Crippen LogP contribution in [0.4, 0.5) is 0 Å². The van der Waals surface area contributed by atoms with Gasteiger partial charge in [0.15, 0.2) is 0 Å². The zero-order valence-corrected chi connectivity index (χ0v) is 38.6. The molecule has 3 aliphatic rings. The fourth-order valence-electron chi connectivity index (χ4n) is 11.9. The predicted molar refractivity (Wildman–Crippen MR) is 287 cm³/mol. The number of allylic oxidation sites excluding steroid dienone is 1. The Labute approximate surface area is 407 Å². The summed E-state index contributed by atoms with van der Waals surface area (Å²) in [7, 11) is 0. The summed E-state index contributed by atoms with van der Waals surface area (Å²) in [5.41, 5.74) is 27.0. The van der Waals surface area contributed by atoms with Crippen molar-refractivity contribution in [2.45, 2.75) is 31.6 Å². The molecule has 0 radical (unpaired) electrons. The number of pyridine rings is 2. The van der Waals surface area contributed by atoms with Crippen LogP contribution in [0.2, 0.25) is 0 Å². The van der Waals surface area contributed by atoms with Crippen LogP contribution < -0.4 is 0 Å². The molecular weight excluding hydrogens is 849 g/mol. The highest BCUT2D eigenvalue weighted by Crippen LogP contribution is 2.63. The van der Waals surface area contributed by atoms with Crippen LogP contribution in [0.15, 0.2) is 207 Å². The highest BCUT2D eigenvalue weighted by molar-refractivity contribution is 6.11. The van der Waals surface area contributed by atoms with Crippen LogP contribution in [0.1, 0.15) is 51.6 Å². The van der Waals surface area contributed by atoms with Gasteiger partial charge in [0.25, 0.3) is 0 Å². The SMILES string of the molecule is C=C1Cc2ccc(-n3c4ccccc4c4cc(-c5ccc6c(c5)-c5c(ccnc5-c5nc(-c7ccc(-c8ccccc8C#N)cc7)cc(-c7ccccc7)c5C)C5CC65)ccc43)cc2-c2ccccc21. The Bertz CT molecular complexity index is 4050. The molecule has 3 aliphatic carbocycles. The number of nitriles is 1. The molecule has 14 rings (SSSR count). The second-order valence-electron chi connectivity index (χ2n) is 19.3. The lowest BCUT2D eigenvalue weighted by atomic mass is 9.82. The summed E-state index contributed by atoms with van der Waals surface area (Å²) in [5.74, 6) is 0.966. The van der Waals surface area contributed by atoms with Gasteiger partial charge < -0.3 is 4.57 Å². The highest BCUT2D eigenvalue weighted by atomic mass is 15.0. The summed E-state index contributed by atoms with van der Waals surface area (Å²) in [6.45, 7) is 6.62. The van der Waals surface area contributed by atoms with Gasteiger partial charge in [0.1, 0.15) is 0 Å². The van der Waals surface area contributed by atoms with Crippen molar-refractivity contribution in [1.29, 1.82) is 5.26 Å². The minimum Gasteiger partial charge on any atom is -0.309 e. The van der Waals surface area contributed by atoms with E-state index >= 15 is 0 Å². The molecule has 0 amide bonds. The van der Waals surface area contributed by atoms with E-state index in [4.69, 9.17) is 9.97 Å². The van der Waals surface area contributed by atoms with Crippen LogP contribution in [0.25, 0.3) is 111 Å². The van der Waals surface area contributed by atoms with Gasteiger partial charge in [-0.15, -0.1) is 0 Å². The van der Waals surface area contributed by atoms with Gasteiger partial charge in [-0.25, -0.2) is 4.98 Å². The van der Waals surface area contributed by atoms with Gasteiger partial charge in [-0.2, -0.15) is 5.26 Å². The molecule has 4 heteroatoms. The Hall–Kier alpha value is -8.91. The molecule has 8 aromatic carbocycles. The van der Waals surface area contributed by atoms with E-state index in [9.17, 15) is 5.26 Å². The van der Waals surface area contributed by atoms with Crippen LogP contribution in [0.3, 0.4) is 0 Å². The van der Waals surface area contributed by atoms with Crippen LogP contribution in [0, 0.1) is 18.3 Å². The normalized spacial score (nSPS) is 15.1. The smallest absolute Gasteiger partial charge is 0.0998 e. The zero-order chi connectivity index (χ0) is 46.6. The van der Waals surface area contributed by atoms with Gasteiger partial charge in [0, 0.05) is 33.8 Å². The first-order valence-electron chi connectivity index (χ1n) is 24.2. The molecule has 0 spiro atoms. The maximum Gasteiger partial charge on any atom is 0.0998 e. The zero-order valence-electron chi connectivity index (χ0n) is 38.6. The van der Waals surface area contributed by atoms with Gasteiger partial charge in [-0.1, -0.05) is 146 Å². The Morgan fingerprint density at radius 2 is 1.21 bits per heavy atom. The van der Waals surface area contributed by atoms with E-state index in [1.54, 1.807) is 0 Å². The third kappa shape index (κ3) is 6.22. The fraction of sp³-hybridized carbons (Fsp3) is 0.0758. The van der Waals surface area contributed by atoms with Crippen molar-refractivity contribution in [1.82, 2.24) is 14.5 Å². The molecule has 3 heterocycles. The monoisotopic (exact) mass is 892 g/mol. The van der Waals surface area contributed by atoms with E-state index in [1.807, 2.05) is 30.5 Å². The largest absolute Gasteiger partial charge is 0.309 e. The van der Waals surface area contributed by atoms with E-state index in [-0.39, 0.29) is 0 Å². The molecule has 11 aromatic rings. The van der Waals surface area contributed by atoms with E-state index in [1.165, 1.54) is 83.0 Å². The first-order valence-corrected chi connectivity index (χ1v) is 24.2. The van der Waals surface area contributed by atoms with Gasteiger partial charge in [0.05, 0.1) is 39.7 Å². The molecule has 1 fully saturated rings. The first-order chi connectivity index (χ1) is 34.5. The number of rotatable bonds is 6. The summed E-state index contributed by atoms with van der Waals surface area (Å²) in [4.78, 5) is 10.8. The molecule has 0 bridgehead atoms. The summed E-state index contributed by atoms with van der Waals surface area (Å²) in [6.07, 6.45) is 4.00. The molecule has 1 saturated carbocycles. The van der Waals surface area contributed by atoms with Crippen molar-refractivity contribution < 1.29 is 0 Å². The van der Waals surface area contributed by atoms with E-state index in [0.717, 1.165) is 69.0 Å². The van der Waals surface area contributed by atoms with E-state index in [0.29, 0.717) is 17.4 Å². The average Bonchev–Trinajstić information content (AvgIpc) is 4.17. The molecule has 3 aromatic heterocycles. The summed E-state index contributed by atoms with van der Waals surface area (Å²) in [5, 5.41) is 12.3. The molecule has 70 heavy (non-hydrogen) atoms. The number of aromatic nitrogens is 3. The lowest BCUT2D eigenvalue weighted by molar-refractivity contribution is 0.996. The van der Waals surface area contributed by atoms with Crippen molar-refractivity contribution in [3.8, 4) is 90.0 Å². The minimum absolute atomic E-state index is 0.467. The summed E-state index contributed by atoms with van der Waals surface area (Å²) in [6, 6.07) is 72.3. The van der Waals surface area contributed by atoms with E-state index in [2.05, 4.69) is 194 Å². The van der Waals surface area contributed by atoms with Crippen LogP contribution in [0.5, 0.6) is 0 Å². The summed E-state index contributed by atoms with van der Waals surface area (Å²) < 4.78 is 2.43. The Morgan fingerprint density at radius 3 is 2.07 bits per heavy atom. The number of hydrogen-bond donors (Lipinski definition) is 0. The molecule has 2 atom stereocenters. The fourth-order valence-corrected chi connectivity index (χ4v) is 11.9. The second-order valence-corrected chi connectivity index (χ2v) is 19.3. The number of para-hydroxylation sites is 1. The third-order valence-electron chi connectivity index (χ3n) is 15.4. The lowest BCUT2D eigenvalue weighted by Gasteiger charge is -2.24. The number of fused-ring (bicyclic) bond motifs is 12. The molecule has 0 aliphatic heterocycles. The van der Waals surface area contributed by atoms with Gasteiger partial charge >= 0.3 is 0 Å². The number of hydrogen-bond acceptors (Lipinski definition) is 3. The highest BCUT2D eigenvalue weighted by Gasteiger charge is 2.46. The Kier molecular flexibility index (Phi) is 8.94. The van der Waals surface area contributed by atoms with Crippen molar-refractivity contribution in [3.63, 3.8) is 0 Å². The predicted octanol–water partition coefficient (Wildman–Crippen LogP) is 16.6. The van der Waals surface area contributed by atoms with Crippen molar-refractivity contribution in [3.05, 3.63) is 240 Å². The quantitative estimate of drug-likeness (QED) is 0.167. The second kappa shape index (κ2) is 15.6. The Morgan fingerprint density at radius 1 is 0.529 bits per heavy atom. The van der Waals surface area contributed by atoms with Gasteiger partial charge in [-0.3, -0.25) is 4.98 Å². The average molecular weight is 893 g/mol. The molecule has 328 valence electrons. The topological polar surface area (TPSA) is 54.5 Å². The molecule has 0 N–H and O–H groups in total. The van der Waals surface area contributed by atoms with Crippen LogP contribution in [-0.4, -0.2) is 14.5 Å². The van der Waals surface area contributed by atoms with Gasteiger partial charge in [-0.05, 0) is 170 Å². The van der Waals surface area contributed by atoms with Crippen molar-refractivity contribution >= 4 is 27.4 Å². The van der Waals surface area contributed by atoms with Crippen LogP contribution >= 0.6 is 0 Å². The van der Waals surface area contributed by atoms with Crippen molar-refractivity contribution in [2.75, 3.05) is 0 Å². The molecule has 2 unspecified atom stereocenters. The van der Waals surface area contributed by atoms with Crippen molar-refractivity contribution in [2.24, 2.45) is 0 Å². The molecule has 4 nitrogen and oxygen atoms in total. The molecular formula is C66H44N4. The number of nitrogens with zero attached hydrogens (tertiary/aromatic N) is 4. The third-order valence-corrected chi connectivity index (χ3v) is 15.4. The molecule has 0 saturated heterocycles. The maximum atomic E-state index is 9.85. The van der Waals surface area contributed by atoms with Crippen LogP contribution in [-0.2, 0) is 6.42 Å². The van der Waals surface area contributed by atoms with E-state index < -0.39 is 0 Å². The maximum absolute atomic E-state index is 9.85. The summed E-state index contributed by atoms with van der Waals surface area (Å²) >= 11 is 0. The Balaban J connectivity index is 0.902. The minimum atomic E-state index is 0.467. The number of benzene rings is 8. The van der Waals surface area contributed by atoms with Gasteiger partial charge in [0.2, 0.25) is 0 Å². The first kappa shape index (κ1) is 40.2. The lowest BCUT2D eigenvalue weighted by Crippen LogP contribution is -2.05.